The number of hydrogen-bond donors (Lipinski definition) is 3. The van der Waals surface area contributed by atoms with E-state index in [1.807, 2.05) is 48.7 Å². The number of para-hydroxylation sites is 1. The third-order valence-electron chi connectivity index (χ3n) is 6.21. The van der Waals surface area contributed by atoms with Crippen molar-refractivity contribution in [2.24, 2.45) is 0 Å². The minimum atomic E-state index is -0.100. The van der Waals surface area contributed by atoms with Gasteiger partial charge in [0.25, 0.3) is 5.91 Å². The van der Waals surface area contributed by atoms with Gasteiger partial charge in [-0.1, -0.05) is 30.3 Å². The molecule has 1 aromatic heterocycles. The molecule has 0 radical (unpaired) electrons. The van der Waals surface area contributed by atoms with E-state index in [2.05, 4.69) is 51.0 Å². The predicted octanol–water partition coefficient (Wildman–Crippen LogP) is 4.12. The van der Waals surface area contributed by atoms with Crippen molar-refractivity contribution in [2.75, 3.05) is 43.4 Å². The smallest absolute Gasteiger partial charge is 0.251 e. The third-order valence-corrected chi connectivity index (χ3v) is 6.21. The highest BCUT2D eigenvalue weighted by Gasteiger charge is 2.13. The molecule has 1 saturated heterocycles. The largest absolute Gasteiger partial charge is 0.369 e. The van der Waals surface area contributed by atoms with E-state index in [1.165, 1.54) is 11.3 Å². The van der Waals surface area contributed by atoms with E-state index in [-0.39, 0.29) is 5.91 Å². The molecule has 172 valence electrons. The van der Waals surface area contributed by atoms with Crippen molar-refractivity contribution < 1.29 is 4.79 Å². The molecule has 0 unspecified atom stereocenters. The molecule has 0 atom stereocenters. The van der Waals surface area contributed by atoms with Crippen molar-refractivity contribution in [3.8, 4) is 11.1 Å². The molecular formula is C27H28N6O. The van der Waals surface area contributed by atoms with Crippen LogP contribution in [0.3, 0.4) is 0 Å². The first-order chi connectivity index (χ1) is 16.6. The number of aromatic nitrogens is 2. The van der Waals surface area contributed by atoms with Crippen LogP contribution in [0.4, 0.5) is 17.3 Å². The van der Waals surface area contributed by atoms with Gasteiger partial charge in [0, 0.05) is 67.3 Å². The lowest BCUT2D eigenvalue weighted by Gasteiger charge is -2.30. The predicted molar refractivity (Wildman–Crippen MR) is 138 cm³/mol. The number of nitrogens with zero attached hydrogens (tertiary/aromatic N) is 3. The molecule has 3 aromatic carbocycles. The van der Waals surface area contributed by atoms with Crippen LogP contribution in [-0.4, -0.2) is 49.1 Å². The molecule has 7 heteroatoms. The molecule has 1 amide bonds. The number of hydrogen-bond acceptors (Lipinski definition) is 6. The first-order valence-corrected chi connectivity index (χ1v) is 11.5. The van der Waals surface area contributed by atoms with Gasteiger partial charge in [-0.25, -0.2) is 9.97 Å². The highest BCUT2D eigenvalue weighted by Crippen LogP contribution is 2.29. The van der Waals surface area contributed by atoms with Gasteiger partial charge in [0.1, 0.15) is 0 Å². The van der Waals surface area contributed by atoms with Gasteiger partial charge in [0.2, 0.25) is 5.95 Å². The monoisotopic (exact) mass is 452 g/mol. The number of carbonyl (C=O) groups is 1. The Morgan fingerprint density at radius 2 is 1.82 bits per heavy atom. The highest BCUT2D eigenvalue weighted by atomic mass is 16.1. The first kappa shape index (κ1) is 21.9. The fraction of sp³-hybridized carbons (Fsp3) is 0.222. The van der Waals surface area contributed by atoms with Crippen LogP contribution in [-0.2, 0) is 0 Å². The van der Waals surface area contributed by atoms with Gasteiger partial charge < -0.3 is 20.9 Å². The number of benzene rings is 3. The average Bonchev–Trinajstić information content (AvgIpc) is 2.88. The summed E-state index contributed by atoms with van der Waals surface area (Å²) in [5, 5.41) is 10.4. The molecule has 1 aliphatic heterocycles. The summed E-state index contributed by atoms with van der Waals surface area (Å²) in [6, 6.07) is 20.0. The third kappa shape index (κ3) is 4.43. The van der Waals surface area contributed by atoms with E-state index in [0.29, 0.717) is 11.5 Å². The zero-order valence-electron chi connectivity index (χ0n) is 19.4. The Labute approximate surface area is 199 Å². The van der Waals surface area contributed by atoms with Crippen LogP contribution < -0.4 is 20.9 Å². The Morgan fingerprint density at radius 1 is 1.03 bits per heavy atom. The average molecular weight is 453 g/mol. The van der Waals surface area contributed by atoms with Gasteiger partial charge in [-0.05, 0) is 48.4 Å². The molecule has 2 heterocycles. The number of anilines is 3. The zero-order valence-corrected chi connectivity index (χ0v) is 19.4. The Hall–Kier alpha value is -3.97. The molecule has 34 heavy (non-hydrogen) atoms. The van der Waals surface area contributed by atoms with Crippen LogP contribution in [0.15, 0.2) is 66.9 Å². The van der Waals surface area contributed by atoms with Gasteiger partial charge in [-0.3, -0.25) is 4.79 Å². The lowest BCUT2D eigenvalue weighted by Crippen LogP contribution is -2.43. The minimum absolute atomic E-state index is 0.100. The quantitative estimate of drug-likeness (QED) is 0.423. The summed E-state index contributed by atoms with van der Waals surface area (Å²) < 4.78 is 0. The first-order valence-electron chi connectivity index (χ1n) is 11.5. The summed E-state index contributed by atoms with van der Waals surface area (Å²) in [5.41, 5.74) is 6.95. The molecule has 7 nitrogen and oxygen atoms in total. The van der Waals surface area contributed by atoms with E-state index in [1.54, 1.807) is 7.05 Å². The molecule has 5 rings (SSSR count). The van der Waals surface area contributed by atoms with Gasteiger partial charge in [0.05, 0.1) is 5.52 Å². The number of nitrogens with one attached hydrogen (secondary N) is 3. The maximum atomic E-state index is 11.9. The van der Waals surface area contributed by atoms with Gasteiger partial charge in [0.15, 0.2) is 0 Å². The van der Waals surface area contributed by atoms with E-state index in [0.717, 1.165) is 53.9 Å². The summed E-state index contributed by atoms with van der Waals surface area (Å²) in [4.78, 5) is 23.7. The molecule has 0 spiro atoms. The number of aryl methyl sites for hydroxylation is 1. The van der Waals surface area contributed by atoms with Crippen LogP contribution in [0.2, 0.25) is 0 Å². The van der Waals surface area contributed by atoms with E-state index >= 15 is 0 Å². The lowest BCUT2D eigenvalue weighted by atomic mass is 10.0. The van der Waals surface area contributed by atoms with Crippen molar-refractivity contribution in [1.29, 1.82) is 0 Å². The van der Waals surface area contributed by atoms with Crippen LogP contribution in [0.1, 0.15) is 15.9 Å². The number of fused-ring (bicyclic) bond motifs is 1. The van der Waals surface area contributed by atoms with Crippen molar-refractivity contribution in [3.63, 3.8) is 0 Å². The molecule has 0 bridgehead atoms. The van der Waals surface area contributed by atoms with Crippen molar-refractivity contribution in [1.82, 2.24) is 20.6 Å². The number of rotatable bonds is 5. The Bertz CT molecular complexity index is 1330. The molecule has 3 N–H and O–H groups in total. The molecular weight excluding hydrogens is 424 g/mol. The topological polar surface area (TPSA) is 82.2 Å². The minimum Gasteiger partial charge on any atom is -0.369 e. The normalized spacial score (nSPS) is 13.6. The summed E-state index contributed by atoms with van der Waals surface area (Å²) in [6.07, 6.45) is 1.84. The molecule has 0 saturated carbocycles. The molecule has 4 aromatic rings. The fourth-order valence-electron chi connectivity index (χ4n) is 4.42. The number of carbonyl (C=O) groups excluding carboxylic acids is 1. The van der Waals surface area contributed by atoms with Crippen LogP contribution in [0, 0.1) is 6.92 Å². The van der Waals surface area contributed by atoms with Crippen molar-refractivity contribution in [3.05, 3.63) is 78.0 Å². The van der Waals surface area contributed by atoms with Gasteiger partial charge >= 0.3 is 0 Å². The van der Waals surface area contributed by atoms with Crippen LogP contribution in [0.25, 0.3) is 22.0 Å². The fourth-order valence-corrected chi connectivity index (χ4v) is 4.42. The standard InChI is InChI=1S/C27H28N6O/c1-18-16-22(10-11-24(18)33-14-12-29-13-15-33)31-27-30-17-21-4-3-5-23(25(21)32-27)19-6-8-20(9-7-19)26(34)28-2/h3-11,16-17,29H,12-15H2,1-2H3,(H,28,34)(H,30,31,32). The van der Waals surface area contributed by atoms with Crippen LogP contribution in [0.5, 0.6) is 0 Å². The Kier molecular flexibility index (Phi) is 6.10. The zero-order chi connectivity index (χ0) is 23.5. The maximum Gasteiger partial charge on any atom is 0.251 e. The molecule has 0 aliphatic carbocycles. The second kappa shape index (κ2) is 9.49. The van der Waals surface area contributed by atoms with Crippen molar-refractivity contribution >= 4 is 34.1 Å². The van der Waals surface area contributed by atoms with E-state index in [9.17, 15) is 4.79 Å². The second-order valence-corrected chi connectivity index (χ2v) is 8.46. The summed E-state index contributed by atoms with van der Waals surface area (Å²) in [5.74, 6) is 0.452. The molecule has 1 fully saturated rings. The van der Waals surface area contributed by atoms with Gasteiger partial charge in [-0.15, -0.1) is 0 Å². The van der Waals surface area contributed by atoms with Gasteiger partial charge in [-0.2, -0.15) is 0 Å². The Balaban J connectivity index is 1.43. The maximum absolute atomic E-state index is 11.9. The summed E-state index contributed by atoms with van der Waals surface area (Å²) >= 11 is 0. The summed E-state index contributed by atoms with van der Waals surface area (Å²) in [7, 11) is 1.63. The SMILES string of the molecule is CNC(=O)c1ccc(-c2cccc3cnc(Nc4ccc(N5CCNCC5)c(C)c4)nc23)cc1. The van der Waals surface area contributed by atoms with Crippen molar-refractivity contribution in [2.45, 2.75) is 6.92 Å². The number of amides is 1. The van der Waals surface area contributed by atoms with E-state index in [4.69, 9.17) is 4.98 Å². The highest BCUT2D eigenvalue weighted by molar-refractivity contribution is 5.97. The number of piperazine rings is 1. The Morgan fingerprint density at radius 3 is 2.56 bits per heavy atom. The molecule has 1 aliphatic rings. The second-order valence-electron chi connectivity index (χ2n) is 8.46. The summed E-state index contributed by atoms with van der Waals surface area (Å²) in [6.45, 7) is 6.22. The van der Waals surface area contributed by atoms with E-state index < -0.39 is 0 Å². The van der Waals surface area contributed by atoms with Crippen LogP contribution >= 0.6 is 0 Å². The lowest BCUT2D eigenvalue weighted by molar-refractivity contribution is 0.0963.